The van der Waals surface area contributed by atoms with Crippen molar-refractivity contribution in [3.8, 4) is 0 Å². The molecule has 4 atom stereocenters. The maximum atomic E-state index is 12.5. The van der Waals surface area contributed by atoms with E-state index >= 15 is 0 Å². The lowest BCUT2D eigenvalue weighted by Crippen LogP contribution is -2.53. The largest absolute Gasteiger partial charge is 0.344 e. The molecule has 0 N–H and O–H groups in total. The fourth-order valence-electron chi connectivity index (χ4n) is 4.68. The maximum Gasteiger partial charge on any atom is 0.191 e. The smallest absolute Gasteiger partial charge is 0.191 e. The second kappa shape index (κ2) is 4.41. The molecule has 4 unspecified atom stereocenters. The summed E-state index contributed by atoms with van der Waals surface area (Å²) in [4.78, 5) is 12.5. The van der Waals surface area contributed by atoms with E-state index in [1.807, 2.05) is 0 Å². The average Bonchev–Trinajstić information content (AvgIpc) is 2.87. The van der Waals surface area contributed by atoms with Gasteiger partial charge in [-0.3, -0.25) is 4.79 Å². The molecule has 0 bridgehead atoms. The van der Waals surface area contributed by atoms with Crippen molar-refractivity contribution in [1.82, 2.24) is 0 Å². The van der Waals surface area contributed by atoms with E-state index < -0.39 is 5.79 Å². The molecule has 0 radical (unpaired) electrons. The third-order valence-corrected chi connectivity index (χ3v) is 6.35. The minimum atomic E-state index is -0.506. The number of rotatable bonds is 0. The van der Waals surface area contributed by atoms with Gasteiger partial charge in [0.25, 0.3) is 0 Å². The molecule has 3 nitrogen and oxygen atoms in total. The summed E-state index contributed by atoms with van der Waals surface area (Å²) in [5, 5.41) is 0. The van der Waals surface area contributed by atoms with Gasteiger partial charge in [-0.25, -0.2) is 0 Å². The highest BCUT2D eigenvalue weighted by molar-refractivity contribution is 5.86. The van der Waals surface area contributed by atoms with E-state index in [4.69, 9.17) is 9.47 Å². The van der Waals surface area contributed by atoms with Crippen LogP contribution in [0.5, 0.6) is 0 Å². The van der Waals surface area contributed by atoms with Crippen molar-refractivity contribution in [1.29, 1.82) is 0 Å². The van der Waals surface area contributed by atoms with Gasteiger partial charge in [-0.15, -0.1) is 0 Å². The lowest BCUT2D eigenvalue weighted by molar-refractivity contribution is -0.164. The third-order valence-electron chi connectivity index (χ3n) is 6.35. The lowest BCUT2D eigenvalue weighted by Gasteiger charge is -2.54. The van der Waals surface area contributed by atoms with Crippen molar-refractivity contribution in [2.24, 2.45) is 23.2 Å². The summed E-state index contributed by atoms with van der Waals surface area (Å²) in [7, 11) is 0. The molecule has 1 aliphatic heterocycles. The molecule has 1 saturated heterocycles. The van der Waals surface area contributed by atoms with Crippen LogP contribution in [0, 0.1) is 23.2 Å². The van der Waals surface area contributed by atoms with Crippen molar-refractivity contribution < 1.29 is 14.3 Å². The fraction of sp³-hybridized carbons (Fsp3) is 0.824. The molecule has 1 saturated carbocycles. The maximum absolute atomic E-state index is 12.5. The molecule has 112 valence electrons. The Morgan fingerprint density at radius 3 is 2.35 bits per heavy atom. The van der Waals surface area contributed by atoms with E-state index in [1.165, 1.54) is 11.1 Å². The molecular formula is C17H26O3. The second-order valence-corrected chi connectivity index (χ2v) is 7.17. The summed E-state index contributed by atoms with van der Waals surface area (Å²) in [6.07, 6.45) is 1.73. The Labute approximate surface area is 121 Å². The Balaban J connectivity index is 2.13. The molecule has 1 spiro atoms. The van der Waals surface area contributed by atoms with Crippen LogP contribution >= 0.6 is 0 Å². The van der Waals surface area contributed by atoms with Crippen LogP contribution in [0.25, 0.3) is 0 Å². The van der Waals surface area contributed by atoms with Crippen LogP contribution in [-0.4, -0.2) is 24.8 Å². The van der Waals surface area contributed by atoms with Crippen LogP contribution < -0.4 is 0 Å². The van der Waals surface area contributed by atoms with Crippen LogP contribution in [0.3, 0.4) is 0 Å². The van der Waals surface area contributed by atoms with Crippen molar-refractivity contribution in [2.45, 2.75) is 53.2 Å². The summed E-state index contributed by atoms with van der Waals surface area (Å²) < 4.78 is 12.0. The van der Waals surface area contributed by atoms with Crippen molar-refractivity contribution in [3.63, 3.8) is 0 Å². The van der Waals surface area contributed by atoms with Crippen molar-refractivity contribution in [2.75, 3.05) is 13.2 Å². The Morgan fingerprint density at radius 1 is 1.15 bits per heavy atom. The van der Waals surface area contributed by atoms with Gasteiger partial charge in [-0.1, -0.05) is 33.3 Å². The molecule has 1 heterocycles. The quantitative estimate of drug-likeness (QED) is 0.638. The highest BCUT2D eigenvalue weighted by Crippen LogP contribution is 2.59. The molecular weight excluding hydrogens is 252 g/mol. The zero-order valence-electron chi connectivity index (χ0n) is 13.3. The number of carbonyl (C=O) groups is 1. The Hall–Kier alpha value is -0.670. The lowest BCUT2D eigenvalue weighted by atomic mass is 9.52. The Kier molecular flexibility index (Phi) is 3.15. The summed E-state index contributed by atoms with van der Waals surface area (Å²) >= 11 is 0. The zero-order chi connectivity index (χ0) is 14.7. The molecule has 2 aliphatic carbocycles. The number of ether oxygens (including phenoxy) is 2. The first-order valence-electron chi connectivity index (χ1n) is 7.85. The number of Topliss-reactive ketones (excluding diaryl/α,β-unsaturated/α-hetero) is 1. The van der Waals surface area contributed by atoms with Gasteiger partial charge in [-0.05, 0) is 24.8 Å². The first-order chi connectivity index (χ1) is 9.33. The summed E-state index contributed by atoms with van der Waals surface area (Å²) in [6.45, 7) is 12.2. The summed E-state index contributed by atoms with van der Waals surface area (Å²) in [6, 6.07) is 0. The van der Waals surface area contributed by atoms with Gasteiger partial charge in [0.2, 0.25) is 0 Å². The summed E-state index contributed by atoms with van der Waals surface area (Å²) in [5.74, 6) is 0.510. The van der Waals surface area contributed by atoms with Crippen LogP contribution in [0.2, 0.25) is 0 Å². The van der Waals surface area contributed by atoms with E-state index in [-0.39, 0.29) is 17.3 Å². The topological polar surface area (TPSA) is 35.5 Å². The number of fused-ring (bicyclic) bond motifs is 1. The molecule has 0 aromatic rings. The number of allylic oxidation sites excluding steroid dienone is 1. The normalized spacial score (nSPS) is 44.0. The van der Waals surface area contributed by atoms with E-state index in [2.05, 4.69) is 34.6 Å². The molecule has 0 aromatic carbocycles. The molecule has 2 fully saturated rings. The van der Waals surface area contributed by atoms with Crippen LogP contribution in [0.4, 0.5) is 0 Å². The predicted octanol–water partition coefficient (Wildman–Crippen LogP) is 3.34. The van der Waals surface area contributed by atoms with Gasteiger partial charge in [0.1, 0.15) is 5.78 Å². The van der Waals surface area contributed by atoms with Crippen LogP contribution in [0.1, 0.15) is 47.5 Å². The van der Waals surface area contributed by atoms with Gasteiger partial charge in [0.15, 0.2) is 5.79 Å². The first kappa shape index (κ1) is 14.3. The van der Waals surface area contributed by atoms with E-state index in [0.29, 0.717) is 24.9 Å². The van der Waals surface area contributed by atoms with E-state index in [0.717, 1.165) is 12.8 Å². The van der Waals surface area contributed by atoms with E-state index in [1.54, 1.807) is 0 Å². The fourth-order valence-corrected chi connectivity index (χ4v) is 4.68. The van der Waals surface area contributed by atoms with Crippen molar-refractivity contribution in [3.05, 3.63) is 11.1 Å². The van der Waals surface area contributed by atoms with Crippen molar-refractivity contribution >= 4 is 5.78 Å². The highest BCUT2D eigenvalue weighted by Gasteiger charge is 2.57. The standard InChI is InChI=1S/C17H26O3/c1-10-8-14-12(3)17(19-6-7-20-17)9-11(2)16(14,5)13(4)15(10)18/h10-11,13H,6-9H2,1-5H3. The zero-order valence-corrected chi connectivity index (χ0v) is 13.3. The van der Waals surface area contributed by atoms with Gasteiger partial charge < -0.3 is 9.47 Å². The Morgan fingerprint density at radius 2 is 1.75 bits per heavy atom. The number of ketones is 1. The molecule has 3 aliphatic rings. The summed E-state index contributed by atoms with van der Waals surface area (Å²) in [5.41, 5.74) is 2.62. The van der Waals surface area contributed by atoms with Gasteiger partial charge in [0.05, 0.1) is 13.2 Å². The number of carbonyl (C=O) groups excluding carboxylic acids is 1. The molecule has 0 aromatic heterocycles. The molecule has 20 heavy (non-hydrogen) atoms. The Bertz CT molecular complexity index is 473. The van der Waals surface area contributed by atoms with Crippen LogP contribution in [-0.2, 0) is 14.3 Å². The highest BCUT2D eigenvalue weighted by atomic mass is 16.7. The third kappa shape index (κ3) is 1.62. The van der Waals surface area contributed by atoms with Gasteiger partial charge in [-0.2, -0.15) is 0 Å². The molecule has 3 heteroatoms. The average molecular weight is 278 g/mol. The van der Waals surface area contributed by atoms with Crippen LogP contribution in [0.15, 0.2) is 11.1 Å². The SMILES string of the molecule is CC1=C2CC(C)C(=O)C(C)C2(C)C(C)CC12OCCO2. The van der Waals surface area contributed by atoms with E-state index in [9.17, 15) is 4.79 Å². The minimum absolute atomic E-state index is 0.0335. The first-order valence-corrected chi connectivity index (χ1v) is 7.85. The monoisotopic (exact) mass is 278 g/mol. The second-order valence-electron chi connectivity index (χ2n) is 7.17. The minimum Gasteiger partial charge on any atom is -0.344 e. The van der Waals surface area contributed by atoms with Gasteiger partial charge in [0, 0.05) is 23.7 Å². The predicted molar refractivity (Wildman–Crippen MR) is 77.2 cm³/mol. The number of hydrogen-bond donors (Lipinski definition) is 0. The van der Waals surface area contributed by atoms with Gasteiger partial charge >= 0.3 is 0 Å². The number of hydrogen-bond acceptors (Lipinski definition) is 3. The molecule has 3 rings (SSSR count). The molecule has 0 amide bonds.